The van der Waals surface area contributed by atoms with Crippen LogP contribution in [0.25, 0.3) is 22.2 Å². The lowest BCUT2D eigenvalue weighted by molar-refractivity contribution is 0.0690. The Balaban J connectivity index is 2.14. The molecular weight excluding hydrogens is 266 g/mol. The third kappa shape index (κ3) is 1.88. The molecule has 0 aliphatic carbocycles. The van der Waals surface area contributed by atoms with Gasteiger partial charge in [0.05, 0.1) is 10.7 Å². The Kier molecular flexibility index (Phi) is 2.57. The molecule has 0 saturated carbocycles. The van der Waals surface area contributed by atoms with Gasteiger partial charge in [0, 0.05) is 29.7 Å². The largest absolute Gasteiger partial charge is 0.477 e. The van der Waals surface area contributed by atoms with Crippen molar-refractivity contribution in [1.29, 1.82) is 0 Å². The van der Waals surface area contributed by atoms with Crippen LogP contribution in [0.5, 0.6) is 0 Å². The van der Waals surface area contributed by atoms with E-state index in [1.54, 1.807) is 0 Å². The fraction of sp³-hybridized carbons (Fsp3) is 0.0769. The zero-order chi connectivity index (χ0) is 13.6. The molecule has 0 amide bonds. The first-order valence-electron chi connectivity index (χ1n) is 5.60. The van der Waals surface area contributed by atoms with Gasteiger partial charge in [-0.25, -0.2) is 4.79 Å². The summed E-state index contributed by atoms with van der Waals surface area (Å²) < 4.78 is 1.92. The summed E-state index contributed by atoms with van der Waals surface area (Å²) in [7, 11) is 1.91. The summed E-state index contributed by atoms with van der Waals surface area (Å²) in [4.78, 5) is 10.8. The van der Waals surface area contributed by atoms with Gasteiger partial charge in [0.25, 0.3) is 0 Å². The number of nitrogens with zero attached hydrogens (tertiary/aromatic N) is 2. The quantitative estimate of drug-likeness (QED) is 0.755. The van der Waals surface area contributed by atoms with Crippen molar-refractivity contribution in [2.75, 3.05) is 0 Å². The third-order valence-corrected chi connectivity index (χ3v) is 3.35. The smallest absolute Gasteiger partial charge is 0.353 e. The molecule has 19 heavy (non-hydrogen) atoms. The van der Waals surface area contributed by atoms with Crippen molar-refractivity contribution in [3.63, 3.8) is 0 Å². The molecule has 0 atom stereocenters. The van der Waals surface area contributed by atoms with E-state index in [1.165, 1.54) is 6.07 Å². The third-order valence-electron chi connectivity index (χ3n) is 3.05. The molecule has 6 heteroatoms. The zero-order valence-electron chi connectivity index (χ0n) is 10.0. The Morgan fingerprint density at radius 2 is 2.21 bits per heavy atom. The molecule has 0 radical (unpaired) electrons. The topological polar surface area (TPSA) is 70.9 Å². The Morgan fingerprint density at radius 3 is 2.89 bits per heavy atom. The van der Waals surface area contributed by atoms with Crippen molar-refractivity contribution in [2.24, 2.45) is 7.05 Å². The summed E-state index contributed by atoms with van der Waals surface area (Å²) in [6.45, 7) is 0. The molecule has 0 aliphatic heterocycles. The van der Waals surface area contributed by atoms with Crippen LogP contribution >= 0.6 is 11.6 Å². The summed E-state index contributed by atoms with van der Waals surface area (Å²) in [5, 5.41) is 17.0. The molecule has 96 valence electrons. The number of hydrogen-bond donors (Lipinski definition) is 2. The number of halogens is 1. The minimum atomic E-state index is -1.03. The van der Waals surface area contributed by atoms with Gasteiger partial charge in [-0.3, -0.25) is 5.10 Å². The molecule has 0 fully saturated rings. The van der Waals surface area contributed by atoms with E-state index in [0.717, 1.165) is 16.5 Å². The number of nitrogens with one attached hydrogen (secondary N) is 1. The van der Waals surface area contributed by atoms with Crippen LogP contribution < -0.4 is 0 Å². The molecule has 0 saturated heterocycles. The van der Waals surface area contributed by atoms with Crippen LogP contribution in [-0.2, 0) is 7.05 Å². The van der Waals surface area contributed by atoms with E-state index in [4.69, 9.17) is 16.7 Å². The minimum Gasteiger partial charge on any atom is -0.477 e. The second-order valence-corrected chi connectivity index (χ2v) is 4.70. The van der Waals surface area contributed by atoms with Gasteiger partial charge in [-0.1, -0.05) is 23.7 Å². The van der Waals surface area contributed by atoms with Gasteiger partial charge >= 0.3 is 5.97 Å². The van der Waals surface area contributed by atoms with Gasteiger partial charge in [0.2, 0.25) is 0 Å². The van der Waals surface area contributed by atoms with Crippen molar-refractivity contribution in [3.05, 3.63) is 41.2 Å². The highest BCUT2D eigenvalue weighted by molar-refractivity contribution is 6.35. The highest BCUT2D eigenvalue weighted by Crippen LogP contribution is 2.29. The number of carboxylic acids is 1. The maximum absolute atomic E-state index is 10.8. The molecule has 3 aromatic rings. The highest BCUT2D eigenvalue weighted by Gasteiger charge is 2.11. The number of H-pyrrole nitrogens is 1. The van der Waals surface area contributed by atoms with Gasteiger partial charge < -0.3 is 9.67 Å². The number of benzene rings is 1. The molecule has 2 aromatic heterocycles. The number of aryl methyl sites for hydroxylation is 1. The van der Waals surface area contributed by atoms with Crippen molar-refractivity contribution < 1.29 is 9.90 Å². The Labute approximate surface area is 113 Å². The maximum atomic E-state index is 10.8. The molecule has 0 aliphatic rings. The molecule has 2 heterocycles. The van der Waals surface area contributed by atoms with Gasteiger partial charge in [-0.2, -0.15) is 5.10 Å². The van der Waals surface area contributed by atoms with E-state index in [9.17, 15) is 4.79 Å². The van der Waals surface area contributed by atoms with E-state index in [0.29, 0.717) is 10.7 Å². The second-order valence-electron chi connectivity index (χ2n) is 4.29. The number of hydrogen-bond acceptors (Lipinski definition) is 2. The molecule has 0 spiro atoms. The molecule has 1 aromatic carbocycles. The lowest BCUT2D eigenvalue weighted by atomic mass is 10.1. The standard InChI is InChI=1S/C13H10ClN3O2/c1-17-6-9(14)8-3-2-7(4-12(8)17)10-5-11(13(18)19)16-15-10/h2-6H,1H3,(H,15,16)(H,18,19). The van der Waals surface area contributed by atoms with Crippen molar-refractivity contribution in [1.82, 2.24) is 14.8 Å². The molecular formula is C13H10ClN3O2. The van der Waals surface area contributed by atoms with Gasteiger partial charge in [0.15, 0.2) is 0 Å². The normalized spacial score (nSPS) is 11.1. The number of rotatable bonds is 2. The monoisotopic (exact) mass is 275 g/mol. The SMILES string of the molecule is Cn1cc(Cl)c2ccc(-c3cc(C(=O)O)[nH]n3)cc21. The first-order valence-corrected chi connectivity index (χ1v) is 5.97. The molecule has 0 bridgehead atoms. The molecule has 5 nitrogen and oxygen atoms in total. The number of fused-ring (bicyclic) bond motifs is 1. The van der Waals surface area contributed by atoms with Crippen LogP contribution in [0, 0.1) is 0 Å². The van der Waals surface area contributed by atoms with Gasteiger partial charge in [-0.15, -0.1) is 0 Å². The first-order chi connectivity index (χ1) is 9.06. The molecule has 3 rings (SSSR count). The average molecular weight is 276 g/mol. The van der Waals surface area contributed by atoms with Crippen LogP contribution in [0.15, 0.2) is 30.5 Å². The van der Waals surface area contributed by atoms with Crippen LogP contribution in [0.1, 0.15) is 10.5 Å². The van der Waals surface area contributed by atoms with Crippen LogP contribution in [0.4, 0.5) is 0 Å². The Hall–Kier alpha value is -2.27. The van der Waals surface area contributed by atoms with Gasteiger partial charge in [-0.05, 0) is 12.1 Å². The fourth-order valence-electron chi connectivity index (χ4n) is 2.07. The zero-order valence-corrected chi connectivity index (χ0v) is 10.8. The molecule has 2 N–H and O–H groups in total. The number of carboxylic acid groups (broad SMARTS) is 1. The Bertz CT molecular complexity index is 788. The Morgan fingerprint density at radius 1 is 1.42 bits per heavy atom. The van der Waals surface area contributed by atoms with E-state index < -0.39 is 5.97 Å². The summed E-state index contributed by atoms with van der Waals surface area (Å²) in [6, 6.07) is 7.22. The van der Waals surface area contributed by atoms with Gasteiger partial charge in [0.1, 0.15) is 5.69 Å². The first kappa shape index (κ1) is 11.8. The number of carbonyl (C=O) groups is 1. The van der Waals surface area contributed by atoms with Crippen LogP contribution in [0.3, 0.4) is 0 Å². The lowest BCUT2D eigenvalue weighted by Crippen LogP contribution is -1.95. The lowest BCUT2D eigenvalue weighted by Gasteiger charge is -1.99. The van der Waals surface area contributed by atoms with E-state index >= 15 is 0 Å². The highest BCUT2D eigenvalue weighted by atomic mass is 35.5. The predicted octanol–water partition coefficient (Wildman–Crippen LogP) is 2.92. The predicted molar refractivity (Wildman–Crippen MR) is 72.5 cm³/mol. The number of aromatic carboxylic acids is 1. The average Bonchev–Trinajstić information content (AvgIpc) is 2.96. The summed E-state index contributed by atoms with van der Waals surface area (Å²) >= 11 is 6.10. The molecule has 0 unspecified atom stereocenters. The second kappa shape index (κ2) is 4.13. The summed E-state index contributed by atoms with van der Waals surface area (Å²) in [5.74, 6) is -1.03. The van der Waals surface area contributed by atoms with Crippen molar-refractivity contribution in [2.45, 2.75) is 0 Å². The van der Waals surface area contributed by atoms with E-state index in [2.05, 4.69) is 10.2 Å². The summed E-state index contributed by atoms with van der Waals surface area (Å²) in [6.07, 6.45) is 1.84. The van der Waals surface area contributed by atoms with E-state index in [-0.39, 0.29) is 5.69 Å². The van der Waals surface area contributed by atoms with Crippen LogP contribution in [-0.4, -0.2) is 25.8 Å². The van der Waals surface area contributed by atoms with Crippen molar-refractivity contribution >= 4 is 28.5 Å². The maximum Gasteiger partial charge on any atom is 0.353 e. The van der Waals surface area contributed by atoms with Crippen molar-refractivity contribution in [3.8, 4) is 11.3 Å². The summed E-state index contributed by atoms with van der Waals surface area (Å²) in [5.41, 5.74) is 2.48. The number of aromatic nitrogens is 3. The van der Waals surface area contributed by atoms with E-state index in [1.807, 2.05) is 36.0 Å². The number of aromatic amines is 1. The fourth-order valence-corrected chi connectivity index (χ4v) is 2.38. The van der Waals surface area contributed by atoms with Crippen LogP contribution in [0.2, 0.25) is 5.02 Å². The minimum absolute atomic E-state index is 0.0695.